The number of rotatable bonds is 1. The molecule has 0 unspecified atom stereocenters. The zero-order chi connectivity index (χ0) is 11.8. The van der Waals surface area contributed by atoms with Crippen LogP contribution < -0.4 is 5.73 Å². The molecular weight excluding hydrogens is 238 g/mol. The molecule has 0 radical (unpaired) electrons. The summed E-state index contributed by atoms with van der Waals surface area (Å²) in [5.74, 6) is 0.454. The van der Waals surface area contributed by atoms with Gasteiger partial charge >= 0.3 is 0 Å². The molecule has 0 aliphatic carbocycles. The minimum Gasteiger partial charge on any atom is -0.382 e. The number of hydrogen-bond donors (Lipinski definition) is 1. The van der Waals surface area contributed by atoms with E-state index >= 15 is 0 Å². The molecule has 0 fully saturated rings. The maximum atomic E-state index is 5.99. The van der Waals surface area contributed by atoms with Crippen LogP contribution in [0.1, 0.15) is 0 Å². The van der Waals surface area contributed by atoms with Crippen molar-refractivity contribution < 1.29 is 0 Å². The molecule has 0 amide bonds. The lowest BCUT2D eigenvalue weighted by atomic mass is 10.3. The van der Waals surface area contributed by atoms with Crippen molar-refractivity contribution in [2.45, 2.75) is 0 Å². The zero-order valence-corrected chi connectivity index (χ0v) is 9.46. The molecule has 2 aromatic heterocycles. The molecule has 0 aliphatic rings. The average Bonchev–Trinajstić information content (AvgIpc) is 2.68. The lowest BCUT2D eigenvalue weighted by molar-refractivity contribution is 0.907. The summed E-state index contributed by atoms with van der Waals surface area (Å²) in [6.45, 7) is 0. The van der Waals surface area contributed by atoms with Crippen LogP contribution in [0.25, 0.3) is 16.7 Å². The standard InChI is InChI=1S/C11H8ClN5/c12-11-14-6-8-9(15-11)10(13)17(16-8)7-4-2-1-3-5-7/h1-6H,13H2. The topological polar surface area (TPSA) is 69.6 Å². The average molecular weight is 246 g/mol. The van der Waals surface area contributed by atoms with Crippen LogP contribution >= 0.6 is 11.6 Å². The third-order valence-corrected chi connectivity index (χ3v) is 2.60. The molecule has 0 atom stereocenters. The van der Waals surface area contributed by atoms with E-state index in [1.165, 1.54) is 0 Å². The molecule has 2 N–H and O–H groups in total. The first-order valence-corrected chi connectivity index (χ1v) is 5.35. The van der Waals surface area contributed by atoms with Gasteiger partial charge in [-0.05, 0) is 23.7 Å². The molecule has 3 aromatic rings. The van der Waals surface area contributed by atoms with E-state index in [1.807, 2.05) is 30.3 Å². The van der Waals surface area contributed by atoms with Crippen LogP contribution in [0.15, 0.2) is 36.5 Å². The summed E-state index contributed by atoms with van der Waals surface area (Å²) in [6, 6.07) is 9.59. The number of nitrogens with zero attached hydrogens (tertiary/aromatic N) is 4. The largest absolute Gasteiger partial charge is 0.382 e. The van der Waals surface area contributed by atoms with Crippen LogP contribution in [0, 0.1) is 0 Å². The SMILES string of the molecule is Nc1c2nc(Cl)ncc2nn1-c1ccccc1. The van der Waals surface area contributed by atoms with Crippen molar-refractivity contribution in [3.63, 3.8) is 0 Å². The highest BCUT2D eigenvalue weighted by Gasteiger charge is 2.11. The summed E-state index contributed by atoms with van der Waals surface area (Å²) in [6.07, 6.45) is 1.56. The van der Waals surface area contributed by atoms with E-state index in [2.05, 4.69) is 15.1 Å². The van der Waals surface area contributed by atoms with Crippen LogP contribution in [-0.4, -0.2) is 19.7 Å². The molecule has 0 bridgehead atoms. The maximum Gasteiger partial charge on any atom is 0.223 e. The number of fused-ring (bicyclic) bond motifs is 1. The molecule has 2 heterocycles. The van der Waals surface area contributed by atoms with E-state index in [0.717, 1.165) is 5.69 Å². The maximum absolute atomic E-state index is 5.99. The minimum atomic E-state index is 0.164. The van der Waals surface area contributed by atoms with Gasteiger partial charge in [0.05, 0.1) is 11.9 Å². The molecule has 17 heavy (non-hydrogen) atoms. The molecule has 5 nitrogen and oxygen atoms in total. The highest BCUT2D eigenvalue weighted by Crippen LogP contribution is 2.22. The molecule has 0 spiro atoms. The first kappa shape index (κ1) is 10.0. The Kier molecular flexibility index (Phi) is 2.19. The first-order valence-electron chi connectivity index (χ1n) is 4.98. The fourth-order valence-corrected chi connectivity index (χ4v) is 1.78. The predicted octanol–water partition coefficient (Wildman–Crippen LogP) is 2.05. The van der Waals surface area contributed by atoms with Crippen LogP contribution in [-0.2, 0) is 0 Å². The van der Waals surface area contributed by atoms with Gasteiger partial charge in [-0.15, -0.1) is 0 Å². The van der Waals surface area contributed by atoms with Gasteiger partial charge in [-0.3, -0.25) is 0 Å². The number of nitrogen functional groups attached to an aromatic ring is 1. The number of benzene rings is 1. The van der Waals surface area contributed by atoms with Crippen molar-refractivity contribution in [1.82, 2.24) is 19.7 Å². The van der Waals surface area contributed by atoms with Crippen molar-refractivity contribution in [3.05, 3.63) is 41.8 Å². The zero-order valence-electron chi connectivity index (χ0n) is 8.71. The fraction of sp³-hybridized carbons (Fsp3) is 0. The van der Waals surface area contributed by atoms with Crippen molar-refractivity contribution in [2.75, 3.05) is 5.73 Å². The Balaban J connectivity index is 2.28. The van der Waals surface area contributed by atoms with Crippen molar-refractivity contribution >= 4 is 28.5 Å². The molecule has 0 saturated carbocycles. The van der Waals surface area contributed by atoms with E-state index in [9.17, 15) is 0 Å². The normalized spacial score (nSPS) is 10.9. The molecule has 84 valence electrons. The Labute approximate surface area is 102 Å². The van der Waals surface area contributed by atoms with E-state index < -0.39 is 0 Å². The number of para-hydroxylation sites is 1. The lowest BCUT2D eigenvalue weighted by Gasteiger charge is -2.01. The van der Waals surface area contributed by atoms with Gasteiger partial charge in [0.2, 0.25) is 5.28 Å². The van der Waals surface area contributed by atoms with E-state index in [4.69, 9.17) is 17.3 Å². The number of hydrogen-bond acceptors (Lipinski definition) is 4. The van der Waals surface area contributed by atoms with Gasteiger partial charge in [0.25, 0.3) is 0 Å². The Bertz CT molecular complexity index is 677. The fourth-order valence-electron chi connectivity index (χ4n) is 1.64. The van der Waals surface area contributed by atoms with Crippen molar-refractivity contribution in [2.24, 2.45) is 0 Å². The van der Waals surface area contributed by atoms with E-state index in [1.54, 1.807) is 10.9 Å². The highest BCUT2D eigenvalue weighted by atomic mass is 35.5. The van der Waals surface area contributed by atoms with Gasteiger partial charge in [0, 0.05) is 0 Å². The number of anilines is 1. The van der Waals surface area contributed by atoms with E-state index in [-0.39, 0.29) is 5.28 Å². The van der Waals surface area contributed by atoms with Gasteiger partial charge in [0.15, 0.2) is 5.82 Å². The van der Waals surface area contributed by atoms with Gasteiger partial charge in [-0.2, -0.15) is 5.10 Å². The lowest BCUT2D eigenvalue weighted by Crippen LogP contribution is -2.01. The molecule has 0 aliphatic heterocycles. The first-order chi connectivity index (χ1) is 8.25. The second-order valence-electron chi connectivity index (χ2n) is 3.51. The van der Waals surface area contributed by atoms with Crippen LogP contribution in [0.4, 0.5) is 5.82 Å². The molecule has 6 heteroatoms. The molecule has 3 rings (SSSR count). The van der Waals surface area contributed by atoms with Gasteiger partial charge in [0.1, 0.15) is 11.0 Å². The number of aromatic nitrogens is 4. The minimum absolute atomic E-state index is 0.164. The Morgan fingerprint density at radius 1 is 1.18 bits per heavy atom. The van der Waals surface area contributed by atoms with Gasteiger partial charge in [-0.1, -0.05) is 18.2 Å². The summed E-state index contributed by atoms with van der Waals surface area (Å²) < 4.78 is 1.62. The van der Waals surface area contributed by atoms with E-state index in [0.29, 0.717) is 16.9 Å². The Hall–Kier alpha value is -2.14. The monoisotopic (exact) mass is 245 g/mol. The Morgan fingerprint density at radius 2 is 1.94 bits per heavy atom. The molecule has 1 aromatic carbocycles. The molecular formula is C11H8ClN5. The van der Waals surface area contributed by atoms with Crippen molar-refractivity contribution in [1.29, 1.82) is 0 Å². The smallest absolute Gasteiger partial charge is 0.223 e. The summed E-state index contributed by atoms with van der Waals surface area (Å²) in [7, 11) is 0. The summed E-state index contributed by atoms with van der Waals surface area (Å²) in [5.41, 5.74) is 8.05. The highest BCUT2D eigenvalue weighted by molar-refractivity contribution is 6.28. The molecule has 0 saturated heterocycles. The summed E-state index contributed by atoms with van der Waals surface area (Å²) in [5, 5.41) is 4.50. The number of halogens is 1. The third-order valence-electron chi connectivity index (χ3n) is 2.42. The van der Waals surface area contributed by atoms with Gasteiger partial charge < -0.3 is 5.73 Å². The number of nitrogens with two attached hydrogens (primary N) is 1. The quantitative estimate of drug-likeness (QED) is 0.666. The summed E-state index contributed by atoms with van der Waals surface area (Å²) >= 11 is 5.73. The third kappa shape index (κ3) is 1.60. The second kappa shape index (κ2) is 3.71. The van der Waals surface area contributed by atoms with Gasteiger partial charge in [-0.25, -0.2) is 14.6 Å². The van der Waals surface area contributed by atoms with Crippen LogP contribution in [0.2, 0.25) is 5.28 Å². The van der Waals surface area contributed by atoms with Crippen LogP contribution in [0.5, 0.6) is 0 Å². The summed E-state index contributed by atoms with van der Waals surface area (Å²) in [4.78, 5) is 7.95. The second-order valence-corrected chi connectivity index (χ2v) is 3.84. The Morgan fingerprint density at radius 3 is 2.71 bits per heavy atom. The van der Waals surface area contributed by atoms with Crippen LogP contribution in [0.3, 0.4) is 0 Å². The van der Waals surface area contributed by atoms with Crippen molar-refractivity contribution in [3.8, 4) is 5.69 Å². The predicted molar refractivity (Wildman–Crippen MR) is 66.1 cm³/mol.